The molecule has 0 radical (unpaired) electrons. The van der Waals surface area contributed by atoms with Gasteiger partial charge in [0, 0.05) is 5.25 Å². The van der Waals surface area contributed by atoms with Crippen LogP contribution < -0.4 is 0 Å². The monoisotopic (exact) mass is 418 g/mol. The van der Waals surface area contributed by atoms with Gasteiger partial charge in [0.05, 0.1) is 0 Å². The van der Waals surface area contributed by atoms with E-state index in [4.69, 9.17) is 0 Å². The van der Waals surface area contributed by atoms with Crippen molar-refractivity contribution in [3.05, 3.63) is 0 Å². The Kier molecular flexibility index (Phi) is 6.77. The highest BCUT2D eigenvalue weighted by molar-refractivity contribution is 7.99. The second kappa shape index (κ2) is 8.71. The van der Waals surface area contributed by atoms with E-state index in [-0.39, 0.29) is 0 Å². The molecule has 0 heterocycles. The Bertz CT molecular complexity index is 555. The predicted molar refractivity (Wildman–Crippen MR) is 130 cm³/mol. The quantitative estimate of drug-likeness (QED) is 0.415. The van der Waals surface area contributed by atoms with E-state index in [9.17, 15) is 0 Å². The molecule has 0 aromatic heterocycles. The molecule has 4 aliphatic rings. The Morgan fingerprint density at radius 1 is 0.828 bits per heavy atom. The van der Waals surface area contributed by atoms with Crippen LogP contribution in [0.3, 0.4) is 0 Å². The number of hydrogen-bond donors (Lipinski definition) is 0. The van der Waals surface area contributed by atoms with Gasteiger partial charge in [-0.2, -0.15) is 11.8 Å². The molecule has 0 aromatic carbocycles. The maximum atomic E-state index is 2.75. The third kappa shape index (κ3) is 3.98. The Labute approximate surface area is 187 Å². The lowest BCUT2D eigenvalue weighted by Gasteiger charge is -2.61. The van der Waals surface area contributed by atoms with Crippen LogP contribution in [-0.4, -0.2) is 11.5 Å². The standard InChI is InChI=1S/C28H50S/c1-19(2)8-7-9-20(3)24-12-13-25-23-11-10-21-18-22(29-6)14-16-27(21,4)26(23)15-17-28(24,25)5/h19-26H,7-18H2,1-6H3/t20?,21?,22?,23-,24+,25-,26-,27-,28+/m0/s1. The molecule has 0 aromatic rings. The third-order valence-corrected chi connectivity index (χ3v) is 12.2. The van der Waals surface area contributed by atoms with Crippen molar-refractivity contribution in [3.8, 4) is 0 Å². The van der Waals surface area contributed by atoms with Crippen molar-refractivity contribution in [3.63, 3.8) is 0 Å². The van der Waals surface area contributed by atoms with Crippen molar-refractivity contribution >= 4 is 11.8 Å². The van der Waals surface area contributed by atoms with E-state index in [0.29, 0.717) is 10.8 Å². The van der Waals surface area contributed by atoms with Crippen LogP contribution >= 0.6 is 11.8 Å². The average Bonchev–Trinajstić information content (AvgIpc) is 3.04. The largest absolute Gasteiger partial charge is 0.162 e. The molecule has 29 heavy (non-hydrogen) atoms. The summed E-state index contributed by atoms with van der Waals surface area (Å²) in [6, 6.07) is 0. The summed E-state index contributed by atoms with van der Waals surface area (Å²) in [5.74, 6) is 7.04. The fourth-order valence-electron chi connectivity index (χ4n) is 9.46. The molecule has 0 spiro atoms. The summed E-state index contributed by atoms with van der Waals surface area (Å²) in [5.41, 5.74) is 1.34. The van der Waals surface area contributed by atoms with Gasteiger partial charge in [0.1, 0.15) is 0 Å². The lowest BCUT2D eigenvalue weighted by molar-refractivity contribution is -0.113. The van der Waals surface area contributed by atoms with Crippen molar-refractivity contribution < 1.29 is 0 Å². The zero-order valence-corrected chi connectivity index (χ0v) is 21.3. The molecule has 0 bridgehead atoms. The van der Waals surface area contributed by atoms with Crippen molar-refractivity contribution in [2.24, 2.45) is 52.3 Å². The van der Waals surface area contributed by atoms with Gasteiger partial charge in [-0.3, -0.25) is 0 Å². The maximum Gasteiger partial charge on any atom is 0.00473 e. The average molecular weight is 419 g/mol. The van der Waals surface area contributed by atoms with E-state index < -0.39 is 0 Å². The van der Waals surface area contributed by atoms with Crippen LogP contribution in [0.15, 0.2) is 0 Å². The molecule has 3 unspecified atom stereocenters. The first kappa shape index (κ1) is 22.5. The predicted octanol–water partition coefficient (Wildman–Crippen LogP) is 8.84. The summed E-state index contributed by atoms with van der Waals surface area (Å²) in [4.78, 5) is 0. The molecular weight excluding hydrogens is 368 g/mol. The highest BCUT2D eigenvalue weighted by Gasteiger charge is 2.60. The zero-order valence-electron chi connectivity index (χ0n) is 20.5. The lowest BCUT2D eigenvalue weighted by Crippen LogP contribution is -2.54. The van der Waals surface area contributed by atoms with E-state index in [0.717, 1.165) is 46.7 Å². The van der Waals surface area contributed by atoms with Crippen LogP contribution in [0.25, 0.3) is 0 Å². The SMILES string of the molecule is CSC1CC[C@@]2(C)C(CC[C@H]3[C@@H]4CC[C@H](C(C)CCCC(C)C)[C@@]4(C)CC[C@@H]32)C1. The molecule has 168 valence electrons. The summed E-state index contributed by atoms with van der Waals surface area (Å²) in [6.07, 6.45) is 20.6. The molecule has 0 N–H and O–H groups in total. The Morgan fingerprint density at radius 2 is 1.55 bits per heavy atom. The Hall–Kier alpha value is 0.350. The number of hydrogen-bond acceptors (Lipinski definition) is 1. The minimum absolute atomic E-state index is 0.665. The van der Waals surface area contributed by atoms with E-state index >= 15 is 0 Å². The first-order valence-corrected chi connectivity index (χ1v) is 14.6. The highest BCUT2D eigenvalue weighted by Crippen LogP contribution is 2.68. The van der Waals surface area contributed by atoms with Crippen LogP contribution in [0.5, 0.6) is 0 Å². The topological polar surface area (TPSA) is 0 Å². The van der Waals surface area contributed by atoms with Gasteiger partial charge < -0.3 is 0 Å². The van der Waals surface area contributed by atoms with E-state index in [2.05, 4.69) is 52.6 Å². The van der Waals surface area contributed by atoms with Crippen molar-refractivity contribution in [2.75, 3.05) is 6.26 Å². The minimum atomic E-state index is 0.665. The Balaban J connectivity index is 1.45. The van der Waals surface area contributed by atoms with Gasteiger partial charge in [-0.15, -0.1) is 0 Å². The highest BCUT2D eigenvalue weighted by atomic mass is 32.2. The van der Waals surface area contributed by atoms with Crippen molar-refractivity contribution in [2.45, 2.75) is 117 Å². The fraction of sp³-hybridized carbons (Fsp3) is 1.00. The van der Waals surface area contributed by atoms with Crippen molar-refractivity contribution in [1.82, 2.24) is 0 Å². The molecule has 4 saturated carbocycles. The second-order valence-electron chi connectivity index (χ2n) is 12.8. The van der Waals surface area contributed by atoms with Crippen LogP contribution in [0, 0.1) is 52.3 Å². The van der Waals surface area contributed by atoms with Crippen LogP contribution in [0.1, 0.15) is 112 Å². The molecular formula is C28H50S. The number of thioether (sulfide) groups is 1. The van der Waals surface area contributed by atoms with E-state index in [1.54, 1.807) is 38.5 Å². The first-order valence-electron chi connectivity index (χ1n) is 13.3. The molecule has 4 fully saturated rings. The lowest BCUT2D eigenvalue weighted by atomic mass is 9.44. The molecule has 0 aliphatic heterocycles. The number of rotatable bonds is 6. The van der Waals surface area contributed by atoms with Gasteiger partial charge >= 0.3 is 0 Å². The molecule has 0 saturated heterocycles. The summed E-state index contributed by atoms with van der Waals surface area (Å²) in [6.45, 7) is 12.9. The van der Waals surface area contributed by atoms with Gasteiger partial charge in [0.25, 0.3) is 0 Å². The molecule has 9 atom stereocenters. The van der Waals surface area contributed by atoms with Gasteiger partial charge in [0.15, 0.2) is 0 Å². The fourth-order valence-corrected chi connectivity index (χ4v) is 10.2. The van der Waals surface area contributed by atoms with Gasteiger partial charge in [-0.1, -0.05) is 53.9 Å². The molecule has 1 heteroatoms. The normalized spacial score (nSPS) is 48.1. The summed E-state index contributed by atoms with van der Waals surface area (Å²) >= 11 is 2.16. The van der Waals surface area contributed by atoms with Gasteiger partial charge in [0.2, 0.25) is 0 Å². The Morgan fingerprint density at radius 3 is 2.28 bits per heavy atom. The molecule has 4 aliphatic carbocycles. The first-order chi connectivity index (χ1) is 13.8. The minimum Gasteiger partial charge on any atom is -0.162 e. The smallest absolute Gasteiger partial charge is 0.00473 e. The van der Waals surface area contributed by atoms with Crippen LogP contribution in [0.2, 0.25) is 0 Å². The zero-order chi connectivity index (χ0) is 20.8. The summed E-state index contributed by atoms with van der Waals surface area (Å²) in [7, 11) is 0. The summed E-state index contributed by atoms with van der Waals surface area (Å²) < 4.78 is 0. The summed E-state index contributed by atoms with van der Waals surface area (Å²) in [5, 5.41) is 0.959. The van der Waals surface area contributed by atoms with Gasteiger partial charge in [-0.05, 0) is 116 Å². The van der Waals surface area contributed by atoms with E-state index in [1.165, 1.54) is 38.5 Å². The third-order valence-electron chi connectivity index (χ3n) is 11.2. The van der Waals surface area contributed by atoms with Crippen molar-refractivity contribution in [1.29, 1.82) is 0 Å². The van der Waals surface area contributed by atoms with Crippen LogP contribution in [0.4, 0.5) is 0 Å². The second-order valence-corrected chi connectivity index (χ2v) is 14.0. The molecule has 0 amide bonds. The van der Waals surface area contributed by atoms with Gasteiger partial charge in [-0.25, -0.2) is 0 Å². The maximum absolute atomic E-state index is 2.75. The number of fused-ring (bicyclic) bond motifs is 5. The molecule has 0 nitrogen and oxygen atoms in total. The van der Waals surface area contributed by atoms with Crippen LogP contribution in [-0.2, 0) is 0 Å². The molecule has 4 rings (SSSR count). The van der Waals surface area contributed by atoms with E-state index in [1.807, 2.05) is 0 Å².